The van der Waals surface area contributed by atoms with Crippen LogP contribution in [0.25, 0.3) is 0 Å². The van der Waals surface area contributed by atoms with Gasteiger partial charge >= 0.3 is 0 Å². The Balaban J connectivity index is 2.14. The maximum Gasteiger partial charge on any atom is -0.00148 e. The van der Waals surface area contributed by atoms with Gasteiger partial charge in [0.15, 0.2) is 0 Å². The fourth-order valence-electron chi connectivity index (χ4n) is 3.85. The van der Waals surface area contributed by atoms with Crippen LogP contribution in [0.15, 0.2) is 24.3 Å². The first-order valence-corrected chi connectivity index (χ1v) is 8.95. The molecule has 0 amide bonds. The van der Waals surface area contributed by atoms with E-state index in [1.807, 2.05) is 0 Å². The summed E-state index contributed by atoms with van der Waals surface area (Å²) in [7, 11) is 0. The lowest BCUT2D eigenvalue weighted by Gasteiger charge is -2.38. The number of hydrogen-bond donors (Lipinski definition) is 1. The van der Waals surface area contributed by atoms with Gasteiger partial charge in [0.05, 0.1) is 0 Å². The molecule has 0 radical (unpaired) electrons. The van der Waals surface area contributed by atoms with Crippen LogP contribution in [0.4, 0.5) is 0 Å². The van der Waals surface area contributed by atoms with Gasteiger partial charge < -0.3 is 5.32 Å². The van der Waals surface area contributed by atoms with E-state index in [0.29, 0.717) is 0 Å². The van der Waals surface area contributed by atoms with Gasteiger partial charge in [-0.2, -0.15) is 0 Å². The lowest BCUT2D eigenvalue weighted by Crippen LogP contribution is -2.33. The minimum absolute atomic E-state index is 0.746. The molecule has 1 nitrogen and oxygen atoms in total. The standard InChI is InChI=1S/C20H33N/c1-5-16-7-9-17(10-8-16)20-13-18(15(3)4)11-12-19(20)14-21-6-2/h7-10,15,18-21H,5-6,11-14H2,1-4H3. The summed E-state index contributed by atoms with van der Waals surface area (Å²) >= 11 is 0. The first-order chi connectivity index (χ1) is 10.2. The zero-order valence-corrected chi connectivity index (χ0v) is 14.4. The number of benzene rings is 1. The molecule has 1 aromatic carbocycles. The number of nitrogens with one attached hydrogen (secondary N) is 1. The number of aryl methyl sites for hydroxylation is 1. The third-order valence-corrected chi connectivity index (χ3v) is 5.45. The molecule has 118 valence electrons. The van der Waals surface area contributed by atoms with Crippen molar-refractivity contribution < 1.29 is 0 Å². The normalized spacial score (nSPS) is 26.2. The zero-order valence-electron chi connectivity index (χ0n) is 14.4. The molecule has 1 fully saturated rings. The predicted molar refractivity (Wildman–Crippen MR) is 92.8 cm³/mol. The second kappa shape index (κ2) is 7.98. The van der Waals surface area contributed by atoms with E-state index >= 15 is 0 Å². The molecule has 0 heterocycles. The van der Waals surface area contributed by atoms with Crippen LogP contribution >= 0.6 is 0 Å². The van der Waals surface area contributed by atoms with Gasteiger partial charge in [0, 0.05) is 0 Å². The van der Waals surface area contributed by atoms with Gasteiger partial charge in [-0.05, 0) is 73.6 Å². The highest BCUT2D eigenvalue weighted by atomic mass is 14.8. The second-order valence-corrected chi connectivity index (χ2v) is 7.09. The summed E-state index contributed by atoms with van der Waals surface area (Å²) in [5.41, 5.74) is 3.03. The van der Waals surface area contributed by atoms with E-state index in [1.54, 1.807) is 5.56 Å². The summed E-state index contributed by atoms with van der Waals surface area (Å²) in [6.07, 6.45) is 5.31. The van der Waals surface area contributed by atoms with Crippen LogP contribution in [0.5, 0.6) is 0 Å². The van der Waals surface area contributed by atoms with Crippen LogP contribution in [0.3, 0.4) is 0 Å². The van der Waals surface area contributed by atoms with Crippen LogP contribution in [0.1, 0.15) is 64.0 Å². The largest absolute Gasteiger partial charge is 0.317 e. The zero-order chi connectivity index (χ0) is 15.2. The van der Waals surface area contributed by atoms with Gasteiger partial charge in [-0.1, -0.05) is 52.0 Å². The molecule has 1 aliphatic rings. The average molecular weight is 287 g/mol. The van der Waals surface area contributed by atoms with Gasteiger partial charge in [-0.3, -0.25) is 0 Å². The van der Waals surface area contributed by atoms with Crippen molar-refractivity contribution in [3.8, 4) is 0 Å². The molecule has 3 unspecified atom stereocenters. The Morgan fingerprint density at radius 1 is 1.10 bits per heavy atom. The van der Waals surface area contributed by atoms with Crippen molar-refractivity contribution in [2.45, 2.75) is 59.3 Å². The Kier molecular flexibility index (Phi) is 6.29. The second-order valence-electron chi connectivity index (χ2n) is 7.09. The predicted octanol–water partition coefficient (Wildman–Crippen LogP) is 5.01. The smallest absolute Gasteiger partial charge is 0.00148 e. The minimum atomic E-state index is 0.746. The summed E-state index contributed by atoms with van der Waals surface area (Å²) in [4.78, 5) is 0. The third-order valence-electron chi connectivity index (χ3n) is 5.45. The van der Waals surface area contributed by atoms with Crippen LogP contribution in [0.2, 0.25) is 0 Å². The quantitative estimate of drug-likeness (QED) is 0.775. The van der Waals surface area contributed by atoms with Crippen molar-refractivity contribution in [3.05, 3.63) is 35.4 Å². The summed E-state index contributed by atoms with van der Waals surface area (Å²) in [5, 5.41) is 3.58. The van der Waals surface area contributed by atoms with Crippen molar-refractivity contribution in [1.29, 1.82) is 0 Å². The SMILES string of the molecule is CCNCC1CCC(C(C)C)CC1c1ccc(CC)cc1. The molecule has 1 saturated carbocycles. The van der Waals surface area contributed by atoms with Crippen molar-refractivity contribution in [2.75, 3.05) is 13.1 Å². The molecule has 1 N–H and O–H groups in total. The Labute approximate surface area is 131 Å². The van der Waals surface area contributed by atoms with Gasteiger partial charge in [0.2, 0.25) is 0 Å². The average Bonchev–Trinajstić information content (AvgIpc) is 2.52. The van der Waals surface area contributed by atoms with Crippen LogP contribution in [-0.4, -0.2) is 13.1 Å². The molecular weight excluding hydrogens is 254 g/mol. The highest BCUT2D eigenvalue weighted by molar-refractivity contribution is 5.26. The van der Waals surface area contributed by atoms with E-state index in [2.05, 4.69) is 57.3 Å². The maximum absolute atomic E-state index is 3.58. The van der Waals surface area contributed by atoms with Crippen LogP contribution in [0, 0.1) is 17.8 Å². The lowest BCUT2D eigenvalue weighted by molar-refractivity contribution is 0.191. The van der Waals surface area contributed by atoms with E-state index < -0.39 is 0 Å². The van der Waals surface area contributed by atoms with Crippen molar-refractivity contribution in [2.24, 2.45) is 17.8 Å². The van der Waals surface area contributed by atoms with Gasteiger partial charge in [-0.25, -0.2) is 0 Å². The summed E-state index contributed by atoms with van der Waals surface area (Å²) in [6.45, 7) is 11.5. The molecule has 3 atom stereocenters. The van der Waals surface area contributed by atoms with Gasteiger partial charge in [-0.15, -0.1) is 0 Å². The maximum atomic E-state index is 3.58. The topological polar surface area (TPSA) is 12.0 Å². The van der Waals surface area contributed by atoms with Crippen molar-refractivity contribution in [1.82, 2.24) is 5.32 Å². The molecule has 1 heteroatoms. The molecule has 0 aromatic heterocycles. The lowest BCUT2D eigenvalue weighted by atomic mass is 9.68. The van der Waals surface area contributed by atoms with E-state index in [4.69, 9.17) is 0 Å². The fraction of sp³-hybridized carbons (Fsp3) is 0.700. The molecular formula is C20H33N. The highest BCUT2D eigenvalue weighted by Gasteiger charge is 2.32. The third kappa shape index (κ3) is 4.32. The van der Waals surface area contributed by atoms with E-state index in [-0.39, 0.29) is 0 Å². The Hall–Kier alpha value is -0.820. The van der Waals surface area contributed by atoms with Gasteiger partial charge in [0.1, 0.15) is 0 Å². The van der Waals surface area contributed by atoms with Crippen LogP contribution in [-0.2, 0) is 6.42 Å². The molecule has 0 aliphatic heterocycles. The van der Waals surface area contributed by atoms with Crippen molar-refractivity contribution >= 4 is 0 Å². The number of hydrogen-bond acceptors (Lipinski definition) is 1. The fourth-order valence-corrected chi connectivity index (χ4v) is 3.85. The monoisotopic (exact) mass is 287 g/mol. The Morgan fingerprint density at radius 2 is 1.81 bits per heavy atom. The molecule has 2 rings (SSSR count). The Bertz CT molecular complexity index is 406. The molecule has 1 aliphatic carbocycles. The van der Waals surface area contributed by atoms with Crippen LogP contribution < -0.4 is 5.32 Å². The first-order valence-electron chi connectivity index (χ1n) is 8.95. The van der Waals surface area contributed by atoms with Crippen molar-refractivity contribution in [3.63, 3.8) is 0 Å². The van der Waals surface area contributed by atoms with E-state index in [1.165, 1.54) is 31.4 Å². The first kappa shape index (κ1) is 16.5. The molecule has 1 aromatic rings. The molecule has 0 bridgehead atoms. The highest BCUT2D eigenvalue weighted by Crippen LogP contribution is 2.42. The Morgan fingerprint density at radius 3 is 2.38 bits per heavy atom. The summed E-state index contributed by atoms with van der Waals surface area (Å²) in [6, 6.07) is 9.45. The molecule has 21 heavy (non-hydrogen) atoms. The molecule has 0 spiro atoms. The molecule has 0 saturated heterocycles. The number of rotatable bonds is 6. The summed E-state index contributed by atoms with van der Waals surface area (Å²) < 4.78 is 0. The van der Waals surface area contributed by atoms with E-state index in [9.17, 15) is 0 Å². The minimum Gasteiger partial charge on any atom is -0.317 e. The summed E-state index contributed by atoms with van der Waals surface area (Å²) in [5.74, 6) is 3.28. The van der Waals surface area contributed by atoms with Gasteiger partial charge in [0.25, 0.3) is 0 Å². The van der Waals surface area contributed by atoms with E-state index in [0.717, 1.165) is 36.6 Å².